The molecule has 2 aliphatic rings. The first kappa shape index (κ1) is 18.1. The van der Waals surface area contributed by atoms with Crippen molar-refractivity contribution in [1.82, 2.24) is 4.90 Å². The predicted molar refractivity (Wildman–Crippen MR) is 97.4 cm³/mol. The molecule has 1 fully saturated rings. The number of methoxy groups -OCH3 is 1. The van der Waals surface area contributed by atoms with E-state index in [0.29, 0.717) is 13.2 Å². The standard InChI is InChI=1S/C20H29NO4/c1-3-6-20(15-22)7-4-8-21(14-20)13-16-11-18-19(12-17(16)23-2)25-10-5-9-24-18/h3,11-12,22H,1,4-10,13-15H2,2H3/t20-/m0/s1. The van der Waals surface area contributed by atoms with Gasteiger partial charge in [0.2, 0.25) is 0 Å². The molecule has 1 aromatic carbocycles. The summed E-state index contributed by atoms with van der Waals surface area (Å²) in [5, 5.41) is 9.91. The minimum absolute atomic E-state index is 0.0709. The van der Waals surface area contributed by atoms with E-state index in [1.807, 2.05) is 18.2 Å². The molecule has 0 bridgehead atoms. The summed E-state index contributed by atoms with van der Waals surface area (Å²) in [5.74, 6) is 2.38. The summed E-state index contributed by atoms with van der Waals surface area (Å²) in [6, 6.07) is 3.98. The maximum atomic E-state index is 9.91. The third-order valence-electron chi connectivity index (χ3n) is 5.20. The third kappa shape index (κ3) is 4.10. The number of allylic oxidation sites excluding steroid dienone is 1. The zero-order chi connectivity index (χ0) is 17.7. The topological polar surface area (TPSA) is 51.2 Å². The lowest BCUT2D eigenvalue weighted by Crippen LogP contribution is -2.44. The van der Waals surface area contributed by atoms with Crippen molar-refractivity contribution in [3.8, 4) is 17.2 Å². The first-order valence-electron chi connectivity index (χ1n) is 9.10. The molecule has 3 rings (SSSR count). The molecule has 25 heavy (non-hydrogen) atoms. The molecule has 0 radical (unpaired) electrons. The number of aliphatic hydroxyl groups excluding tert-OH is 1. The fraction of sp³-hybridized carbons (Fsp3) is 0.600. The number of benzene rings is 1. The van der Waals surface area contributed by atoms with Gasteiger partial charge in [0.05, 0.1) is 26.9 Å². The fourth-order valence-corrected chi connectivity index (χ4v) is 3.90. The van der Waals surface area contributed by atoms with E-state index >= 15 is 0 Å². The Balaban J connectivity index is 1.79. The maximum absolute atomic E-state index is 9.91. The molecule has 2 aliphatic heterocycles. The Morgan fingerprint density at radius 2 is 2.04 bits per heavy atom. The Morgan fingerprint density at radius 3 is 2.72 bits per heavy atom. The van der Waals surface area contributed by atoms with E-state index in [0.717, 1.165) is 68.1 Å². The average molecular weight is 347 g/mol. The monoisotopic (exact) mass is 347 g/mol. The lowest BCUT2D eigenvalue weighted by molar-refractivity contribution is 0.0306. The lowest BCUT2D eigenvalue weighted by Gasteiger charge is -2.41. The van der Waals surface area contributed by atoms with E-state index in [4.69, 9.17) is 14.2 Å². The highest BCUT2D eigenvalue weighted by Gasteiger charge is 2.34. The van der Waals surface area contributed by atoms with Crippen LogP contribution in [0, 0.1) is 5.41 Å². The van der Waals surface area contributed by atoms with E-state index in [1.54, 1.807) is 7.11 Å². The van der Waals surface area contributed by atoms with Crippen LogP contribution in [0.1, 0.15) is 31.2 Å². The van der Waals surface area contributed by atoms with Gasteiger partial charge in [-0.05, 0) is 31.9 Å². The van der Waals surface area contributed by atoms with Crippen LogP contribution in [-0.4, -0.2) is 50.0 Å². The number of hydrogen-bond donors (Lipinski definition) is 1. The van der Waals surface area contributed by atoms with Gasteiger partial charge in [-0.1, -0.05) is 6.08 Å². The van der Waals surface area contributed by atoms with Gasteiger partial charge in [-0.15, -0.1) is 6.58 Å². The van der Waals surface area contributed by atoms with Crippen molar-refractivity contribution in [2.45, 2.75) is 32.2 Å². The summed E-state index contributed by atoms with van der Waals surface area (Å²) in [5.41, 5.74) is 1.03. The summed E-state index contributed by atoms with van der Waals surface area (Å²) in [7, 11) is 1.69. The van der Waals surface area contributed by atoms with Gasteiger partial charge in [0, 0.05) is 36.6 Å². The SMILES string of the molecule is C=CC[C@]1(CO)CCCN(Cc2cc3c(cc2OC)OCCCO3)C1. The second-order valence-electron chi connectivity index (χ2n) is 7.13. The molecule has 0 saturated carbocycles. The minimum Gasteiger partial charge on any atom is -0.496 e. The van der Waals surface area contributed by atoms with Crippen LogP contribution in [0.3, 0.4) is 0 Å². The van der Waals surface area contributed by atoms with Crippen molar-refractivity contribution in [1.29, 1.82) is 0 Å². The van der Waals surface area contributed by atoms with Crippen LogP contribution >= 0.6 is 0 Å². The van der Waals surface area contributed by atoms with Gasteiger partial charge in [0.1, 0.15) is 5.75 Å². The van der Waals surface area contributed by atoms with E-state index in [1.165, 1.54) is 0 Å². The summed E-state index contributed by atoms with van der Waals surface area (Å²) in [4.78, 5) is 2.39. The number of fused-ring (bicyclic) bond motifs is 1. The molecule has 5 nitrogen and oxygen atoms in total. The zero-order valence-electron chi connectivity index (χ0n) is 15.1. The molecular formula is C20H29NO4. The van der Waals surface area contributed by atoms with Gasteiger partial charge in [-0.25, -0.2) is 0 Å². The number of likely N-dealkylation sites (tertiary alicyclic amines) is 1. The normalized spacial score (nSPS) is 23.8. The van der Waals surface area contributed by atoms with E-state index in [-0.39, 0.29) is 12.0 Å². The Hall–Kier alpha value is -1.72. The summed E-state index contributed by atoms with van der Waals surface area (Å²) >= 11 is 0. The number of nitrogens with zero attached hydrogens (tertiary/aromatic N) is 1. The molecule has 138 valence electrons. The van der Waals surface area contributed by atoms with E-state index < -0.39 is 0 Å². The molecule has 0 amide bonds. The highest BCUT2D eigenvalue weighted by molar-refractivity contribution is 5.51. The molecular weight excluding hydrogens is 318 g/mol. The summed E-state index contributed by atoms with van der Waals surface area (Å²) < 4.78 is 17.2. The number of rotatable bonds is 6. The first-order valence-corrected chi connectivity index (χ1v) is 9.10. The second-order valence-corrected chi connectivity index (χ2v) is 7.13. The van der Waals surface area contributed by atoms with Gasteiger partial charge in [-0.3, -0.25) is 4.90 Å². The Bertz CT molecular complexity index is 604. The molecule has 2 heterocycles. The van der Waals surface area contributed by atoms with Gasteiger partial charge in [0.25, 0.3) is 0 Å². The van der Waals surface area contributed by atoms with Crippen LogP contribution < -0.4 is 14.2 Å². The molecule has 0 aliphatic carbocycles. The predicted octanol–water partition coefficient (Wildman–Crippen LogP) is 3.01. The first-order chi connectivity index (χ1) is 12.2. The van der Waals surface area contributed by atoms with Crippen molar-refractivity contribution in [2.24, 2.45) is 5.41 Å². The zero-order valence-corrected chi connectivity index (χ0v) is 15.1. The molecule has 0 spiro atoms. The number of ether oxygens (including phenoxy) is 3. The Morgan fingerprint density at radius 1 is 1.28 bits per heavy atom. The molecule has 1 N–H and O–H groups in total. The number of piperidine rings is 1. The van der Waals surface area contributed by atoms with Crippen LogP contribution in [0.15, 0.2) is 24.8 Å². The number of aliphatic hydroxyl groups is 1. The lowest BCUT2D eigenvalue weighted by atomic mass is 9.77. The van der Waals surface area contributed by atoms with Crippen LogP contribution in [0.25, 0.3) is 0 Å². The molecule has 5 heteroatoms. The van der Waals surface area contributed by atoms with Gasteiger partial charge in [-0.2, -0.15) is 0 Å². The smallest absolute Gasteiger partial charge is 0.164 e. The van der Waals surface area contributed by atoms with Crippen molar-refractivity contribution in [3.63, 3.8) is 0 Å². The fourth-order valence-electron chi connectivity index (χ4n) is 3.90. The van der Waals surface area contributed by atoms with Crippen LogP contribution in [0.2, 0.25) is 0 Å². The van der Waals surface area contributed by atoms with Crippen LogP contribution in [-0.2, 0) is 6.54 Å². The van der Waals surface area contributed by atoms with Crippen molar-refractivity contribution >= 4 is 0 Å². The van der Waals surface area contributed by atoms with E-state index in [2.05, 4.69) is 11.5 Å². The van der Waals surface area contributed by atoms with Gasteiger partial charge in [0.15, 0.2) is 11.5 Å². The third-order valence-corrected chi connectivity index (χ3v) is 5.20. The molecule has 0 unspecified atom stereocenters. The van der Waals surface area contributed by atoms with Crippen molar-refractivity contribution < 1.29 is 19.3 Å². The van der Waals surface area contributed by atoms with E-state index in [9.17, 15) is 5.11 Å². The Kier molecular flexibility index (Phi) is 5.86. The number of hydrogen-bond acceptors (Lipinski definition) is 5. The van der Waals surface area contributed by atoms with Gasteiger partial charge >= 0.3 is 0 Å². The van der Waals surface area contributed by atoms with Crippen LogP contribution in [0.5, 0.6) is 17.2 Å². The second kappa shape index (κ2) is 8.11. The minimum atomic E-state index is -0.0709. The summed E-state index contributed by atoms with van der Waals surface area (Å²) in [6.45, 7) is 8.08. The maximum Gasteiger partial charge on any atom is 0.164 e. The van der Waals surface area contributed by atoms with Crippen molar-refractivity contribution in [3.05, 3.63) is 30.4 Å². The van der Waals surface area contributed by atoms with Crippen LogP contribution in [0.4, 0.5) is 0 Å². The van der Waals surface area contributed by atoms with Gasteiger partial charge < -0.3 is 19.3 Å². The molecule has 1 aromatic rings. The quantitative estimate of drug-likeness (QED) is 0.802. The van der Waals surface area contributed by atoms with Crippen molar-refractivity contribution in [2.75, 3.05) is 40.0 Å². The summed E-state index contributed by atoms with van der Waals surface area (Å²) in [6.07, 6.45) is 5.79. The molecule has 1 atom stereocenters. The average Bonchev–Trinajstić information content (AvgIpc) is 2.86. The highest BCUT2D eigenvalue weighted by atomic mass is 16.5. The molecule has 0 aromatic heterocycles. The Labute approximate surface area is 150 Å². The largest absolute Gasteiger partial charge is 0.496 e. The molecule has 1 saturated heterocycles. The highest BCUT2D eigenvalue weighted by Crippen LogP contribution is 2.39.